The Labute approximate surface area is 116 Å². The first-order valence-corrected chi connectivity index (χ1v) is 7.49. The molecule has 4 N–H and O–H groups in total. The van der Waals surface area contributed by atoms with Crippen LogP contribution in [0.25, 0.3) is 0 Å². The minimum absolute atomic E-state index is 0.0219. The maximum atomic E-state index is 11.5. The second-order valence-electron chi connectivity index (χ2n) is 4.64. The highest BCUT2D eigenvalue weighted by atomic mass is 32.2. The van der Waals surface area contributed by atoms with Gasteiger partial charge in [0.05, 0.1) is 7.85 Å². The van der Waals surface area contributed by atoms with Gasteiger partial charge in [-0.3, -0.25) is 4.79 Å². The molecule has 0 saturated heterocycles. The van der Waals surface area contributed by atoms with Crippen LogP contribution in [0.2, 0.25) is 6.32 Å². The van der Waals surface area contributed by atoms with Crippen LogP contribution in [0.15, 0.2) is 0 Å². The lowest BCUT2D eigenvalue weighted by Gasteiger charge is -2.25. The van der Waals surface area contributed by atoms with Gasteiger partial charge in [-0.1, -0.05) is 19.2 Å². The summed E-state index contributed by atoms with van der Waals surface area (Å²) in [6.45, 7) is -0.0219. The largest absolute Gasteiger partial charge is 0.480 e. The monoisotopic (exact) mass is 291 g/mol. The van der Waals surface area contributed by atoms with Crippen LogP contribution in [-0.2, 0) is 15.0 Å². The van der Waals surface area contributed by atoms with Crippen LogP contribution in [0.1, 0.15) is 25.7 Å². The molecule has 0 aliphatic heterocycles. The number of aliphatic carboxylic acids is 1. The molecule has 110 valence electrons. The molecule has 1 unspecified atom stereocenters. The summed E-state index contributed by atoms with van der Waals surface area (Å²) in [4.78, 5) is 11.2. The zero-order valence-corrected chi connectivity index (χ0v) is 12.2. The predicted octanol–water partition coefficient (Wildman–Crippen LogP) is -0.688. The lowest BCUT2D eigenvalue weighted by atomic mass is 9.88. The van der Waals surface area contributed by atoms with Gasteiger partial charge in [0.2, 0.25) is 0 Å². The van der Waals surface area contributed by atoms with Gasteiger partial charge >= 0.3 is 5.97 Å². The quantitative estimate of drug-likeness (QED) is 0.364. The molecule has 0 heterocycles. The average Bonchev–Trinajstić information content (AvgIpc) is 2.28. The topological polar surface area (TPSA) is 113 Å². The number of unbranched alkanes of at least 4 members (excludes halogenated alkanes) is 1. The van der Waals surface area contributed by atoms with Crippen LogP contribution in [-0.4, -0.2) is 57.8 Å². The van der Waals surface area contributed by atoms with Crippen molar-refractivity contribution in [2.75, 3.05) is 20.6 Å². The summed E-state index contributed by atoms with van der Waals surface area (Å²) in [5.41, 5.74) is 4.37. The number of nitrogens with zero attached hydrogens (tertiary/aromatic N) is 1. The highest BCUT2D eigenvalue weighted by Gasteiger charge is 2.33. The summed E-state index contributed by atoms with van der Waals surface area (Å²) >= 11 is 0. The van der Waals surface area contributed by atoms with Crippen molar-refractivity contribution in [1.29, 1.82) is 0 Å². The van der Waals surface area contributed by atoms with E-state index in [1.807, 2.05) is 0 Å². The molecule has 0 bridgehead atoms. The minimum Gasteiger partial charge on any atom is -0.480 e. The molecular weight excluding hydrogens is 269 g/mol. The van der Waals surface area contributed by atoms with Crippen molar-refractivity contribution in [3.8, 4) is 0 Å². The van der Waals surface area contributed by atoms with Gasteiger partial charge in [0, 0.05) is 20.6 Å². The molecule has 0 aromatic carbocycles. The van der Waals surface area contributed by atoms with Crippen molar-refractivity contribution in [3.05, 3.63) is 0 Å². The zero-order chi connectivity index (χ0) is 15.1. The fraction of sp³-hybridized carbons (Fsp3) is 0.900. The Morgan fingerprint density at radius 1 is 1.37 bits per heavy atom. The summed E-state index contributed by atoms with van der Waals surface area (Å²) in [5, 5.41) is 9.13. The molecule has 0 rings (SSSR count). The maximum absolute atomic E-state index is 11.5. The van der Waals surface area contributed by atoms with Crippen LogP contribution in [0.4, 0.5) is 0 Å². The zero-order valence-electron chi connectivity index (χ0n) is 11.4. The Balaban J connectivity index is 4.41. The molecular formula is C10H22BN3O4S. The first-order valence-electron chi connectivity index (χ1n) is 6.05. The standard InChI is InChI=1S/C10H22BN3O4S/c1-14(2)19(17,18)13-8-6-10(12,9(15)16)5-3-4-7-11/h13H,3-8,12H2,1-2H3,(H,15,16). The summed E-state index contributed by atoms with van der Waals surface area (Å²) in [6.07, 6.45) is 2.06. The van der Waals surface area contributed by atoms with E-state index in [0.717, 1.165) is 4.31 Å². The normalized spacial score (nSPS) is 15.4. The van der Waals surface area contributed by atoms with Crippen LogP contribution in [0.5, 0.6) is 0 Å². The lowest BCUT2D eigenvalue weighted by Crippen LogP contribution is -2.50. The van der Waals surface area contributed by atoms with Crippen molar-refractivity contribution in [3.63, 3.8) is 0 Å². The Morgan fingerprint density at radius 2 is 1.95 bits per heavy atom. The Kier molecular flexibility index (Phi) is 7.57. The maximum Gasteiger partial charge on any atom is 0.323 e. The van der Waals surface area contributed by atoms with E-state index in [1.165, 1.54) is 14.1 Å². The molecule has 2 radical (unpaired) electrons. The van der Waals surface area contributed by atoms with E-state index in [4.69, 9.17) is 18.7 Å². The van der Waals surface area contributed by atoms with Crippen molar-refractivity contribution in [2.24, 2.45) is 5.73 Å². The number of carbonyl (C=O) groups is 1. The fourth-order valence-electron chi connectivity index (χ4n) is 1.46. The van der Waals surface area contributed by atoms with Gasteiger partial charge in [-0.15, -0.1) is 0 Å². The second kappa shape index (κ2) is 7.83. The van der Waals surface area contributed by atoms with Crippen molar-refractivity contribution in [2.45, 2.75) is 37.5 Å². The molecule has 9 heteroatoms. The summed E-state index contributed by atoms with van der Waals surface area (Å²) in [5.74, 6) is -1.13. The third-order valence-electron chi connectivity index (χ3n) is 2.84. The van der Waals surface area contributed by atoms with Gasteiger partial charge < -0.3 is 10.8 Å². The van der Waals surface area contributed by atoms with Gasteiger partial charge in [0.1, 0.15) is 5.54 Å². The van der Waals surface area contributed by atoms with Crippen LogP contribution < -0.4 is 10.5 Å². The number of nitrogens with two attached hydrogens (primary N) is 1. The van der Waals surface area contributed by atoms with E-state index < -0.39 is 21.7 Å². The first-order chi connectivity index (χ1) is 8.65. The van der Waals surface area contributed by atoms with E-state index in [-0.39, 0.29) is 19.4 Å². The SMILES string of the molecule is [B]CCCCC(N)(CCNS(=O)(=O)N(C)C)C(=O)O. The van der Waals surface area contributed by atoms with Gasteiger partial charge in [-0.25, -0.2) is 4.72 Å². The molecule has 0 aliphatic carbocycles. The summed E-state index contributed by atoms with van der Waals surface area (Å²) in [6, 6.07) is 0. The third-order valence-corrected chi connectivity index (χ3v) is 4.37. The van der Waals surface area contributed by atoms with Gasteiger partial charge in [0.15, 0.2) is 0 Å². The van der Waals surface area contributed by atoms with E-state index in [1.54, 1.807) is 0 Å². The Bertz CT molecular complexity index is 388. The van der Waals surface area contributed by atoms with Gasteiger partial charge in [-0.2, -0.15) is 12.7 Å². The first kappa shape index (κ1) is 18.4. The van der Waals surface area contributed by atoms with Crippen molar-refractivity contribution in [1.82, 2.24) is 9.03 Å². The highest BCUT2D eigenvalue weighted by Crippen LogP contribution is 2.16. The third kappa shape index (κ3) is 6.37. The van der Waals surface area contributed by atoms with Crippen LogP contribution in [0.3, 0.4) is 0 Å². The van der Waals surface area contributed by atoms with Gasteiger partial charge in [0.25, 0.3) is 10.2 Å². The molecule has 19 heavy (non-hydrogen) atoms. The molecule has 0 aromatic rings. The molecule has 0 fully saturated rings. The van der Waals surface area contributed by atoms with Crippen molar-refractivity contribution < 1.29 is 18.3 Å². The number of hydrogen-bond donors (Lipinski definition) is 3. The van der Waals surface area contributed by atoms with Crippen LogP contribution >= 0.6 is 0 Å². The molecule has 0 aliphatic rings. The molecule has 1 atom stereocenters. The number of hydrogen-bond acceptors (Lipinski definition) is 4. The molecule has 0 spiro atoms. The van der Waals surface area contributed by atoms with Crippen molar-refractivity contribution >= 4 is 24.0 Å². The number of nitrogens with one attached hydrogen (secondary N) is 1. The number of carboxylic acids is 1. The molecule has 7 nitrogen and oxygen atoms in total. The average molecular weight is 291 g/mol. The van der Waals surface area contributed by atoms with E-state index in [2.05, 4.69) is 4.72 Å². The smallest absolute Gasteiger partial charge is 0.323 e. The summed E-state index contributed by atoms with van der Waals surface area (Å²) in [7, 11) is 4.55. The minimum atomic E-state index is -3.56. The van der Waals surface area contributed by atoms with Crippen LogP contribution in [0, 0.1) is 0 Å². The Morgan fingerprint density at radius 3 is 2.37 bits per heavy atom. The summed E-state index contributed by atoms with van der Waals surface area (Å²) < 4.78 is 26.2. The van der Waals surface area contributed by atoms with Gasteiger partial charge in [-0.05, 0) is 12.8 Å². The highest BCUT2D eigenvalue weighted by molar-refractivity contribution is 7.87. The molecule has 0 saturated carbocycles. The Hall–Kier alpha value is -0.635. The predicted molar refractivity (Wildman–Crippen MR) is 74.2 cm³/mol. The molecule has 0 aromatic heterocycles. The second-order valence-corrected chi connectivity index (χ2v) is 6.61. The van der Waals surface area contributed by atoms with E-state index in [9.17, 15) is 13.2 Å². The lowest BCUT2D eigenvalue weighted by molar-refractivity contribution is -0.143. The fourth-order valence-corrected chi connectivity index (χ4v) is 2.07. The van der Waals surface area contributed by atoms with E-state index in [0.29, 0.717) is 19.2 Å². The number of carboxylic acid groups (broad SMARTS) is 1. The number of rotatable bonds is 10. The van der Waals surface area contributed by atoms with E-state index >= 15 is 0 Å². The molecule has 0 amide bonds.